The number of nitrogens with one attached hydrogen (secondary N) is 2. The zero-order valence-electron chi connectivity index (χ0n) is 9.83. The van der Waals surface area contributed by atoms with Crippen molar-refractivity contribution in [3.05, 3.63) is 0 Å². The second-order valence-electron chi connectivity index (χ2n) is 3.46. The summed E-state index contributed by atoms with van der Waals surface area (Å²) in [5, 5.41) is 13.8. The first kappa shape index (κ1) is 14.3. The van der Waals surface area contributed by atoms with Crippen LogP contribution in [0.4, 0.5) is 4.79 Å². The van der Waals surface area contributed by atoms with Crippen LogP contribution in [0.2, 0.25) is 0 Å². The molecule has 0 saturated heterocycles. The Labute approximate surface area is 95.6 Å². The lowest BCUT2D eigenvalue weighted by Gasteiger charge is -2.19. The fourth-order valence-corrected chi connectivity index (χ4v) is 1.09. The molecule has 16 heavy (non-hydrogen) atoms. The molecule has 5 heteroatoms. The predicted octanol–water partition coefficient (Wildman–Crippen LogP) is 0.808. The van der Waals surface area contributed by atoms with Crippen molar-refractivity contribution in [3.8, 4) is 11.8 Å². The Kier molecular flexibility index (Phi) is 6.77. The number of carboxylic acid groups (broad SMARTS) is 1. The third-order valence-electron chi connectivity index (χ3n) is 2.28. The topological polar surface area (TPSA) is 78.4 Å². The lowest BCUT2D eigenvalue weighted by molar-refractivity contribution is -0.140. The number of carbonyl (C=O) groups is 2. The van der Waals surface area contributed by atoms with Crippen molar-refractivity contribution in [1.29, 1.82) is 0 Å². The third kappa shape index (κ3) is 5.25. The van der Waals surface area contributed by atoms with Gasteiger partial charge in [-0.15, -0.1) is 5.92 Å². The summed E-state index contributed by atoms with van der Waals surface area (Å²) >= 11 is 0. The fourth-order valence-electron chi connectivity index (χ4n) is 1.09. The number of carboxylic acids is 1. The van der Waals surface area contributed by atoms with Crippen molar-refractivity contribution in [2.45, 2.75) is 33.2 Å². The van der Waals surface area contributed by atoms with Crippen LogP contribution in [0.5, 0.6) is 0 Å². The van der Waals surface area contributed by atoms with E-state index >= 15 is 0 Å². The summed E-state index contributed by atoms with van der Waals surface area (Å²) in [6.45, 7) is 5.54. The van der Waals surface area contributed by atoms with Crippen molar-refractivity contribution < 1.29 is 14.7 Å². The van der Waals surface area contributed by atoms with Gasteiger partial charge in [-0.05, 0) is 12.8 Å². The number of carbonyl (C=O) groups excluding carboxylic acids is 1. The Morgan fingerprint density at radius 1 is 1.44 bits per heavy atom. The van der Waals surface area contributed by atoms with Crippen LogP contribution in [0.15, 0.2) is 0 Å². The van der Waals surface area contributed by atoms with Gasteiger partial charge in [0, 0.05) is 0 Å². The smallest absolute Gasteiger partial charge is 0.326 e. The van der Waals surface area contributed by atoms with E-state index < -0.39 is 18.0 Å². The van der Waals surface area contributed by atoms with E-state index in [2.05, 4.69) is 22.5 Å². The van der Waals surface area contributed by atoms with Gasteiger partial charge in [0.15, 0.2) is 0 Å². The minimum Gasteiger partial charge on any atom is -0.480 e. The zero-order chi connectivity index (χ0) is 12.6. The first-order valence-corrected chi connectivity index (χ1v) is 5.19. The van der Waals surface area contributed by atoms with Crippen LogP contribution in [-0.2, 0) is 4.79 Å². The summed E-state index contributed by atoms with van der Waals surface area (Å²) in [7, 11) is 0. The summed E-state index contributed by atoms with van der Waals surface area (Å²) in [5.74, 6) is 4.15. The molecule has 0 bridgehead atoms. The second-order valence-corrected chi connectivity index (χ2v) is 3.46. The van der Waals surface area contributed by atoms with E-state index in [1.165, 1.54) is 0 Å². The lowest BCUT2D eigenvalue weighted by atomic mass is 9.99. The molecule has 0 aromatic rings. The van der Waals surface area contributed by atoms with E-state index in [-0.39, 0.29) is 12.5 Å². The van der Waals surface area contributed by atoms with Crippen LogP contribution in [-0.4, -0.2) is 29.7 Å². The standard InChI is InChI=1S/C11H18N2O3/c1-4-6-7-12-11(16)13-9(10(14)15)8(3)5-2/h8-9H,5,7H2,1-3H3,(H,14,15)(H2,12,13,16)/t8-,9-/m0/s1. The maximum atomic E-state index is 11.3. The summed E-state index contributed by atoms with van der Waals surface area (Å²) < 4.78 is 0. The average molecular weight is 226 g/mol. The highest BCUT2D eigenvalue weighted by molar-refractivity contribution is 5.82. The highest BCUT2D eigenvalue weighted by atomic mass is 16.4. The first-order valence-electron chi connectivity index (χ1n) is 5.19. The van der Waals surface area contributed by atoms with Crippen LogP contribution in [0.1, 0.15) is 27.2 Å². The van der Waals surface area contributed by atoms with Crippen molar-refractivity contribution in [2.24, 2.45) is 5.92 Å². The molecule has 5 nitrogen and oxygen atoms in total. The van der Waals surface area contributed by atoms with Crippen LogP contribution in [0.25, 0.3) is 0 Å². The SMILES string of the molecule is CC#CCNC(=O)N[C@H](C(=O)O)[C@@H](C)CC. The van der Waals surface area contributed by atoms with E-state index in [9.17, 15) is 9.59 Å². The van der Waals surface area contributed by atoms with Gasteiger partial charge in [0.25, 0.3) is 0 Å². The third-order valence-corrected chi connectivity index (χ3v) is 2.28. The number of amides is 2. The van der Waals surface area contributed by atoms with Gasteiger partial charge in [0.2, 0.25) is 0 Å². The van der Waals surface area contributed by atoms with E-state index in [0.717, 1.165) is 0 Å². The monoisotopic (exact) mass is 226 g/mol. The van der Waals surface area contributed by atoms with Crippen molar-refractivity contribution in [2.75, 3.05) is 6.54 Å². The highest BCUT2D eigenvalue weighted by Gasteiger charge is 2.24. The Hall–Kier alpha value is -1.70. The fraction of sp³-hybridized carbons (Fsp3) is 0.636. The van der Waals surface area contributed by atoms with Gasteiger partial charge in [-0.25, -0.2) is 9.59 Å². The van der Waals surface area contributed by atoms with Crippen molar-refractivity contribution in [3.63, 3.8) is 0 Å². The van der Waals surface area contributed by atoms with Crippen LogP contribution in [0, 0.1) is 17.8 Å². The quantitative estimate of drug-likeness (QED) is 0.607. The molecular formula is C11H18N2O3. The van der Waals surface area contributed by atoms with Crippen molar-refractivity contribution in [1.82, 2.24) is 10.6 Å². The molecule has 0 aliphatic carbocycles. The van der Waals surface area contributed by atoms with E-state index in [4.69, 9.17) is 5.11 Å². The molecule has 3 N–H and O–H groups in total. The Bertz CT molecular complexity index is 304. The van der Waals surface area contributed by atoms with Gasteiger partial charge < -0.3 is 15.7 Å². The highest BCUT2D eigenvalue weighted by Crippen LogP contribution is 2.07. The zero-order valence-corrected chi connectivity index (χ0v) is 9.83. The number of hydrogen-bond acceptors (Lipinski definition) is 2. The molecule has 90 valence electrons. The van der Waals surface area contributed by atoms with Gasteiger partial charge in [0.1, 0.15) is 6.04 Å². The van der Waals surface area contributed by atoms with Crippen LogP contribution >= 0.6 is 0 Å². The van der Waals surface area contributed by atoms with Gasteiger partial charge >= 0.3 is 12.0 Å². The number of aliphatic carboxylic acids is 1. The minimum absolute atomic E-state index is 0.111. The summed E-state index contributed by atoms with van der Waals surface area (Å²) in [6.07, 6.45) is 0.687. The molecule has 0 heterocycles. The molecule has 2 atom stereocenters. The molecule has 2 amide bonds. The summed E-state index contributed by atoms with van der Waals surface area (Å²) in [6, 6.07) is -1.37. The normalized spacial score (nSPS) is 12.9. The molecule has 0 aromatic heterocycles. The molecule has 0 aliphatic rings. The lowest BCUT2D eigenvalue weighted by Crippen LogP contribution is -2.49. The molecule has 0 aromatic carbocycles. The first-order chi connectivity index (χ1) is 7.52. The molecule has 0 saturated carbocycles. The Morgan fingerprint density at radius 3 is 2.50 bits per heavy atom. The Balaban J connectivity index is 4.22. The van der Waals surface area contributed by atoms with Crippen LogP contribution in [0.3, 0.4) is 0 Å². The summed E-state index contributed by atoms with van der Waals surface area (Å²) in [5.41, 5.74) is 0. The average Bonchev–Trinajstić information content (AvgIpc) is 2.25. The second kappa shape index (κ2) is 7.57. The molecule has 0 fully saturated rings. The number of hydrogen-bond donors (Lipinski definition) is 3. The molecule has 0 unspecified atom stereocenters. The number of urea groups is 1. The maximum Gasteiger partial charge on any atom is 0.326 e. The predicted molar refractivity (Wildman–Crippen MR) is 60.9 cm³/mol. The molecule has 0 radical (unpaired) electrons. The number of rotatable bonds is 5. The molecule has 0 aliphatic heterocycles. The maximum absolute atomic E-state index is 11.3. The van der Waals surface area contributed by atoms with Gasteiger partial charge in [-0.2, -0.15) is 0 Å². The van der Waals surface area contributed by atoms with Gasteiger partial charge in [-0.3, -0.25) is 0 Å². The van der Waals surface area contributed by atoms with E-state index in [1.54, 1.807) is 13.8 Å². The van der Waals surface area contributed by atoms with E-state index in [1.807, 2.05) is 6.92 Å². The largest absolute Gasteiger partial charge is 0.480 e. The molecule has 0 rings (SSSR count). The Morgan fingerprint density at radius 2 is 2.06 bits per heavy atom. The van der Waals surface area contributed by atoms with E-state index in [0.29, 0.717) is 6.42 Å². The van der Waals surface area contributed by atoms with Gasteiger partial charge in [0.05, 0.1) is 6.54 Å². The molecular weight excluding hydrogens is 208 g/mol. The van der Waals surface area contributed by atoms with Crippen LogP contribution < -0.4 is 10.6 Å². The summed E-state index contributed by atoms with van der Waals surface area (Å²) in [4.78, 5) is 22.2. The molecule has 0 spiro atoms. The minimum atomic E-state index is -1.02. The van der Waals surface area contributed by atoms with Crippen molar-refractivity contribution >= 4 is 12.0 Å². The van der Waals surface area contributed by atoms with Gasteiger partial charge in [-0.1, -0.05) is 26.2 Å².